The van der Waals surface area contributed by atoms with Crippen LogP contribution in [0.15, 0.2) is 47.9 Å². The third-order valence-corrected chi connectivity index (χ3v) is 4.25. The minimum absolute atomic E-state index is 0.0305. The minimum Gasteiger partial charge on any atom is -0.329 e. The van der Waals surface area contributed by atoms with E-state index in [9.17, 15) is 14.4 Å². The summed E-state index contributed by atoms with van der Waals surface area (Å²) < 4.78 is 0. The maximum atomic E-state index is 11.9. The van der Waals surface area contributed by atoms with Crippen molar-refractivity contribution in [3.8, 4) is 0 Å². The molecule has 7 heteroatoms. The van der Waals surface area contributed by atoms with Crippen LogP contribution in [0.3, 0.4) is 0 Å². The van der Waals surface area contributed by atoms with Crippen molar-refractivity contribution in [2.45, 2.75) is 6.54 Å². The summed E-state index contributed by atoms with van der Waals surface area (Å²) in [5.41, 5.74) is 1.38. The van der Waals surface area contributed by atoms with Gasteiger partial charge in [0.2, 0.25) is 11.8 Å². The number of hydrogen-bond donors (Lipinski definition) is 2. The largest absolute Gasteiger partial charge is 0.329 e. The number of carbonyl (C=O) groups is 3. The standard InChI is InChI=1S/C17H15N3O3S/c21-15(7-6-14-5-2-8-24-14)19-13-4-1-3-12(9-13)11-20-16(22)10-18-17(20)23/h1-9H,10-11H2,(H,18,23)(H,19,21)/b7-6-. The SMILES string of the molecule is O=C(/C=C\c1cccs1)Nc1cccc(CN2C(=O)CNC2=O)c1. The molecule has 24 heavy (non-hydrogen) atoms. The number of anilines is 1. The van der Waals surface area contributed by atoms with Crippen LogP contribution in [0, 0.1) is 0 Å². The number of thiophene rings is 1. The van der Waals surface area contributed by atoms with Crippen molar-refractivity contribution in [1.29, 1.82) is 0 Å². The average Bonchev–Trinajstić information content (AvgIpc) is 3.19. The highest BCUT2D eigenvalue weighted by molar-refractivity contribution is 7.10. The Morgan fingerprint density at radius 2 is 2.17 bits per heavy atom. The molecule has 1 aliphatic rings. The highest BCUT2D eigenvalue weighted by Gasteiger charge is 2.28. The van der Waals surface area contributed by atoms with Crippen molar-refractivity contribution >= 4 is 40.9 Å². The monoisotopic (exact) mass is 341 g/mol. The first kappa shape index (κ1) is 15.9. The first-order valence-corrected chi connectivity index (χ1v) is 8.19. The molecule has 122 valence electrons. The lowest BCUT2D eigenvalue weighted by atomic mass is 10.2. The number of nitrogens with one attached hydrogen (secondary N) is 2. The lowest BCUT2D eigenvalue weighted by molar-refractivity contribution is -0.125. The van der Waals surface area contributed by atoms with Crippen molar-refractivity contribution in [2.24, 2.45) is 0 Å². The molecule has 1 aliphatic heterocycles. The van der Waals surface area contributed by atoms with Gasteiger partial charge in [-0.1, -0.05) is 18.2 Å². The Kier molecular flexibility index (Phi) is 4.72. The summed E-state index contributed by atoms with van der Waals surface area (Å²) in [7, 11) is 0. The number of nitrogens with zero attached hydrogens (tertiary/aromatic N) is 1. The predicted octanol–water partition coefficient (Wildman–Crippen LogP) is 2.45. The average molecular weight is 341 g/mol. The quantitative estimate of drug-likeness (QED) is 0.648. The first-order valence-electron chi connectivity index (χ1n) is 7.31. The molecule has 2 heterocycles. The fourth-order valence-electron chi connectivity index (χ4n) is 2.27. The number of carbonyl (C=O) groups excluding carboxylic acids is 3. The Balaban J connectivity index is 1.63. The summed E-state index contributed by atoms with van der Waals surface area (Å²) in [6.07, 6.45) is 3.22. The zero-order chi connectivity index (χ0) is 16.9. The first-order chi connectivity index (χ1) is 11.6. The molecule has 6 nitrogen and oxygen atoms in total. The van der Waals surface area contributed by atoms with Gasteiger partial charge in [-0.15, -0.1) is 11.3 Å². The summed E-state index contributed by atoms with van der Waals surface area (Å²) in [6.45, 7) is 0.211. The van der Waals surface area contributed by atoms with Gasteiger partial charge in [-0.3, -0.25) is 14.5 Å². The number of rotatable bonds is 5. The molecule has 3 rings (SSSR count). The normalized spacial score (nSPS) is 14.2. The van der Waals surface area contributed by atoms with E-state index in [2.05, 4.69) is 10.6 Å². The minimum atomic E-state index is -0.395. The third kappa shape index (κ3) is 3.88. The topological polar surface area (TPSA) is 78.5 Å². The van der Waals surface area contributed by atoms with Crippen LogP contribution < -0.4 is 10.6 Å². The second-order valence-corrected chi connectivity index (χ2v) is 6.16. The maximum absolute atomic E-state index is 11.9. The van der Waals surface area contributed by atoms with E-state index in [-0.39, 0.29) is 24.9 Å². The van der Waals surface area contributed by atoms with Crippen LogP contribution in [0.4, 0.5) is 10.5 Å². The third-order valence-electron chi connectivity index (χ3n) is 3.41. The van der Waals surface area contributed by atoms with Gasteiger partial charge >= 0.3 is 6.03 Å². The van der Waals surface area contributed by atoms with Gasteiger partial charge in [-0.25, -0.2) is 4.79 Å². The molecule has 0 aliphatic carbocycles. The highest BCUT2D eigenvalue weighted by Crippen LogP contribution is 2.15. The van der Waals surface area contributed by atoms with E-state index >= 15 is 0 Å². The molecule has 0 unspecified atom stereocenters. The predicted molar refractivity (Wildman–Crippen MR) is 92.4 cm³/mol. The van der Waals surface area contributed by atoms with Gasteiger partial charge < -0.3 is 10.6 Å². The molecule has 1 saturated heterocycles. The summed E-state index contributed by atoms with van der Waals surface area (Å²) in [4.78, 5) is 37.3. The Hall–Kier alpha value is -2.93. The summed E-state index contributed by atoms with van der Waals surface area (Å²) in [6, 6.07) is 10.5. The van der Waals surface area contributed by atoms with E-state index in [1.54, 1.807) is 41.7 Å². The van der Waals surface area contributed by atoms with Gasteiger partial charge in [0.15, 0.2) is 0 Å². The van der Waals surface area contributed by atoms with Crippen LogP contribution in [0.25, 0.3) is 6.08 Å². The second-order valence-electron chi connectivity index (χ2n) is 5.18. The van der Waals surface area contributed by atoms with Crippen LogP contribution in [0.5, 0.6) is 0 Å². The number of urea groups is 1. The number of hydrogen-bond acceptors (Lipinski definition) is 4. The van der Waals surface area contributed by atoms with Crippen molar-refractivity contribution in [2.75, 3.05) is 11.9 Å². The molecule has 2 N–H and O–H groups in total. The van der Waals surface area contributed by atoms with E-state index in [4.69, 9.17) is 0 Å². The summed E-state index contributed by atoms with van der Waals surface area (Å²) in [5.74, 6) is -0.496. The van der Waals surface area contributed by atoms with Crippen LogP contribution in [-0.4, -0.2) is 29.3 Å². The number of benzene rings is 1. The Morgan fingerprint density at radius 1 is 1.29 bits per heavy atom. The van der Waals surface area contributed by atoms with E-state index in [1.807, 2.05) is 17.5 Å². The molecule has 0 radical (unpaired) electrons. The van der Waals surface area contributed by atoms with E-state index in [1.165, 1.54) is 6.08 Å². The van der Waals surface area contributed by atoms with Crippen molar-refractivity contribution < 1.29 is 14.4 Å². The van der Waals surface area contributed by atoms with Gasteiger partial charge in [0, 0.05) is 16.6 Å². The van der Waals surface area contributed by atoms with E-state index in [0.29, 0.717) is 5.69 Å². The molecule has 0 atom stereocenters. The summed E-state index contributed by atoms with van der Waals surface area (Å²) in [5, 5.41) is 7.18. The Bertz CT molecular complexity index is 783. The fraction of sp³-hybridized carbons (Fsp3) is 0.118. The Labute approximate surface area is 142 Å². The van der Waals surface area contributed by atoms with Gasteiger partial charge in [0.05, 0.1) is 13.1 Å². The molecule has 1 aromatic carbocycles. The van der Waals surface area contributed by atoms with Crippen LogP contribution in [0.2, 0.25) is 0 Å². The zero-order valence-electron chi connectivity index (χ0n) is 12.7. The molecule has 0 spiro atoms. The lowest BCUT2D eigenvalue weighted by Gasteiger charge is -2.13. The smallest absolute Gasteiger partial charge is 0.324 e. The molecular formula is C17H15N3O3S. The van der Waals surface area contributed by atoms with Crippen LogP contribution in [-0.2, 0) is 16.1 Å². The van der Waals surface area contributed by atoms with Crippen molar-refractivity contribution in [3.05, 3.63) is 58.3 Å². The Morgan fingerprint density at radius 3 is 2.88 bits per heavy atom. The fourth-order valence-corrected chi connectivity index (χ4v) is 2.89. The van der Waals surface area contributed by atoms with Crippen LogP contribution in [0.1, 0.15) is 10.4 Å². The van der Waals surface area contributed by atoms with Gasteiger partial charge in [-0.05, 0) is 35.2 Å². The number of imide groups is 1. The molecule has 0 bridgehead atoms. The van der Waals surface area contributed by atoms with Crippen molar-refractivity contribution in [1.82, 2.24) is 10.2 Å². The molecule has 1 aromatic heterocycles. The van der Waals surface area contributed by atoms with E-state index in [0.717, 1.165) is 15.3 Å². The number of amides is 4. The maximum Gasteiger partial charge on any atom is 0.324 e. The van der Waals surface area contributed by atoms with Crippen molar-refractivity contribution in [3.63, 3.8) is 0 Å². The molecule has 0 saturated carbocycles. The molecule has 2 aromatic rings. The van der Waals surface area contributed by atoms with Gasteiger partial charge in [0.1, 0.15) is 0 Å². The lowest BCUT2D eigenvalue weighted by Crippen LogP contribution is -2.30. The molecule has 4 amide bonds. The summed E-state index contributed by atoms with van der Waals surface area (Å²) >= 11 is 1.55. The van der Waals surface area contributed by atoms with Gasteiger partial charge in [-0.2, -0.15) is 0 Å². The van der Waals surface area contributed by atoms with Crippen LogP contribution >= 0.6 is 11.3 Å². The molecule has 1 fully saturated rings. The van der Waals surface area contributed by atoms with Gasteiger partial charge in [0.25, 0.3) is 0 Å². The second kappa shape index (κ2) is 7.10. The molecular weight excluding hydrogens is 326 g/mol. The zero-order valence-corrected chi connectivity index (χ0v) is 13.5. The highest BCUT2D eigenvalue weighted by atomic mass is 32.1. The van der Waals surface area contributed by atoms with E-state index < -0.39 is 6.03 Å².